The fourth-order valence-corrected chi connectivity index (χ4v) is 3.35. The maximum atomic E-state index is 13.7. The molecule has 1 aromatic carbocycles. The van der Waals surface area contributed by atoms with Crippen LogP contribution in [0.3, 0.4) is 0 Å². The van der Waals surface area contributed by atoms with E-state index in [0.29, 0.717) is 11.6 Å². The van der Waals surface area contributed by atoms with Crippen molar-refractivity contribution in [2.75, 3.05) is 0 Å². The molecule has 3 atom stereocenters. The molecule has 1 N–H and O–H groups in total. The van der Waals surface area contributed by atoms with E-state index >= 15 is 0 Å². The van der Waals surface area contributed by atoms with Crippen LogP contribution in [0.25, 0.3) is 0 Å². The first kappa shape index (κ1) is 11.1. The first-order valence-corrected chi connectivity index (χ1v) is 6.45. The van der Waals surface area contributed by atoms with Crippen molar-refractivity contribution < 1.29 is 8.78 Å². The second kappa shape index (κ2) is 4.37. The average molecular weight is 237 g/mol. The largest absolute Gasteiger partial charge is 0.307 e. The molecule has 0 aromatic heterocycles. The summed E-state index contributed by atoms with van der Waals surface area (Å²) in [4.78, 5) is 0. The Morgan fingerprint density at radius 1 is 1.06 bits per heavy atom. The minimum atomic E-state index is -0.350. The highest BCUT2D eigenvalue weighted by atomic mass is 19.1. The Kier molecular flexibility index (Phi) is 2.87. The molecular weight excluding hydrogens is 220 g/mol. The number of halogens is 2. The van der Waals surface area contributed by atoms with Crippen LogP contribution < -0.4 is 5.32 Å². The SMILES string of the molecule is Fc1ccc(F)c(C2CCC3CCCC3N2)c1. The van der Waals surface area contributed by atoms with Crippen molar-refractivity contribution in [3.63, 3.8) is 0 Å². The Morgan fingerprint density at radius 2 is 1.94 bits per heavy atom. The number of rotatable bonds is 1. The van der Waals surface area contributed by atoms with Gasteiger partial charge in [-0.1, -0.05) is 6.42 Å². The van der Waals surface area contributed by atoms with Gasteiger partial charge in [-0.2, -0.15) is 0 Å². The van der Waals surface area contributed by atoms with Gasteiger partial charge in [0.1, 0.15) is 11.6 Å². The van der Waals surface area contributed by atoms with Crippen LogP contribution in [0.2, 0.25) is 0 Å². The molecule has 1 heterocycles. The topological polar surface area (TPSA) is 12.0 Å². The Labute approximate surface area is 100 Å². The molecule has 1 aromatic rings. The zero-order valence-corrected chi connectivity index (χ0v) is 9.76. The molecule has 2 fully saturated rings. The van der Waals surface area contributed by atoms with Crippen LogP contribution in [-0.2, 0) is 0 Å². The van der Waals surface area contributed by atoms with E-state index in [4.69, 9.17) is 0 Å². The van der Waals surface area contributed by atoms with Crippen LogP contribution in [0.5, 0.6) is 0 Å². The maximum absolute atomic E-state index is 13.7. The molecule has 1 aliphatic carbocycles. The van der Waals surface area contributed by atoms with E-state index in [1.807, 2.05) is 0 Å². The summed E-state index contributed by atoms with van der Waals surface area (Å²) >= 11 is 0. The van der Waals surface area contributed by atoms with Crippen LogP contribution in [0.1, 0.15) is 43.7 Å². The van der Waals surface area contributed by atoms with Crippen molar-refractivity contribution in [1.29, 1.82) is 0 Å². The normalized spacial score (nSPS) is 32.5. The van der Waals surface area contributed by atoms with Crippen LogP contribution in [0, 0.1) is 17.6 Å². The van der Waals surface area contributed by atoms with E-state index in [1.54, 1.807) is 0 Å². The van der Waals surface area contributed by atoms with Crippen molar-refractivity contribution in [3.05, 3.63) is 35.4 Å². The standard InChI is InChI=1S/C14H17F2N/c15-10-5-6-12(16)11(8-10)14-7-4-9-2-1-3-13(9)17-14/h5-6,8-9,13-14,17H,1-4,7H2. The molecule has 3 unspecified atom stereocenters. The van der Waals surface area contributed by atoms with Crippen LogP contribution in [0.4, 0.5) is 8.78 Å². The Bertz CT molecular complexity index is 419. The number of hydrogen-bond donors (Lipinski definition) is 1. The second-order valence-electron chi connectivity index (χ2n) is 5.26. The smallest absolute Gasteiger partial charge is 0.128 e. The van der Waals surface area contributed by atoms with Gasteiger partial charge in [-0.05, 0) is 49.8 Å². The van der Waals surface area contributed by atoms with Gasteiger partial charge in [-0.25, -0.2) is 8.78 Å². The highest BCUT2D eigenvalue weighted by Crippen LogP contribution is 2.38. The summed E-state index contributed by atoms with van der Waals surface area (Å²) in [5.74, 6) is 0.111. The fraction of sp³-hybridized carbons (Fsp3) is 0.571. The van der Waals surface area contributed by atoms with Gasteiger partial charge >= 0.3 is 0 Å². The Hall–Kier alpha value is -0.960. The lowest BCUT2D eigenvalue weighted by molar-refractivity contribution is 0.257. The van der Waals surface area contributed by atoms with Gasteiger partial charge in [0.25, 0.3) is 0 Å². The number of fused-ring (bicyclic) bond motifs is 1. The quantitative estimate of drug-likeness (QED) is 0.787. The molecule has 0 amide bonds. The minimum Gasteiger partial charge on any atom is -0.307 e. The summed E-state index contributed by atoms with van der Waals surface area (Å²) in [5, 5.41) is 3.49. The van der Waals surface area contributed by atoms with E-state index in [9.17, 15) is 8.78 Å². The summed E-state index contributed by atoms with van der Waals surface area (Å²) in [7, 11) is 0. The molecule has 1 nitrogen and oxygen atoms in total. The first-order chi connectivity index (χ1) is 8.24. The average Bonchev–Trinajstić information content (AvgIpc) is 2.79. The van der Waals surface area contributed by atoms with Crippen molar-refractivity contribution in [3.8, 4) is 0 Å². The lowest BCUT2D eigenvalue weighted by Crippen LogP contribution is -2.40. The predicted molar refractivity (Wildman–Crippen MR) is 62.6 cm³/mol. The molecule has 2 aliphatic rings. The van der Waals surface area contributed by atoms with Crippen molar-refractivity contribution in [2.24, 2.45) is 5.92 Å². The molecule has 3 heteroatoms. The summed E-state index contributed by atoms with van der Waals surface area (Å²) in [5.41, 5.74) is 0.496. The summed E-state index contributed by atoms with van der Waals surface area (Å²) < 4.78 is 26.9. The van der Waals surface area contributed by atoms with Gasteiger partial charge in [0.05, 0.1) is 0 Å². The van der Waals surface area contributed by atoms with Gasteiger partial charge in [-0.3, -0.25) is 0 Å². The van der Waals surface area contributed by atoms with Crippen LogP contribution >= 0.6 is 0 Å². The fourth-order valence-electron chi connectivity index (χ4n) is 3.35. The minimum absolute atomic E-state index is 0.00921. The van der Waals surface area contributed by atoms with Crippen LogP contribution in [0.15, 0.2) is 18.2 Å². The van der Waals surface area contributed by atoms with E-state index in [2.05, 4.69) is 5.32 Å². The van der Waals surface area contributed by atoms with Gasteiger partial charge in [0.2, 0.25) is 0 Å². The molecule has 17 heavy (non-hydrogen) atoms. The van der Waals surface area contributed by atoms with Gasteiger partial charge in [0.15, 0.2) is 0 Å². The molecule has 0 spiro atoms. The third-order valence-electron chi connectivity index (χ3n) is 4.23. The van der Waals surface area contributed by atoms with E-state index in [-0.39, 0.29) is 17.7 Å². The third-order valence-corrected chi connectivity index (χ3v) is 4.23. The Morgan fingerprint density at radius 3 is 2.82 bits per heavy atom. The van der Waals surface area contributed by atoms with Crippen molar-refractivity contribution in [2.45, 2.75) is 44.2 Å². The molecule has 1 saturated heterocycles. The summed E-state index contributed by atoms with van der Waals surface area (Å²) in [6.45, 7) is 0. The highest BCUT2D eigenvalue weighted by molar-refractivity contribution is 5.23. The monoisotopic (exact) mass is 237 g/mol. The lowest BCUT2D eigenvalue weighted by atomic mass is 9.87. The predicted octanol–water partition coefficient (Wildman–Crippen LogP) is 3.56. The molecule has 0 radical (unpaired) electrons. The number of nitrogens with one attached hydrogen (secondary N) is 1. The molecule has 92 valence electrons. The zero-order chi connectivity index (χ0) is 11.8. The van der Waals surface area contributed by atoms with Gasteiger partial charge in [-0.15, -0.1) is 0 Å². The van der Waals surface area contributed by atoms with Crippen molar-refractivity contribution >= 4 is 0 Å². The van der Waals surface area contributed by atoms with E-state index in [0.717, 1.165) is 18.8 Å². The van der Waals surface area contributed by atoms with Gasteiger partial charge in [0, 0.05) is 17.6 Å². The van der Waals surface area contributed by atoms with Gasteiger partial charge < -0.3 is 5.32 Å². The van der Waals surface area contributed by atoms with E-state index < -0.39 is 0 Å². The van der Waals surface area contributed by atoms with Crippen molar-refractivity contribution in [1.82, 2.24) is 5.32 Å². The molecular formula is C14H17F2N. The summed E-state index contributed by atoms with van der Waals surface area (Å²) in [6, 6.07) is 4.25. The molecule has 1 saturated carbocycles. The number of hydrogen-bond acceptors (Lipinski definition) is 1. The molecule has 1 aliphatic heterocycles. The number of benzene rings is 1. The second-order valence-corrected chi connectivity index (χ2v) is 5.26. The third kappa shape index (κ3) is 2.08. The van der Waals surface area contributed by atoms with E-state index in [1.165, 1.54) is 37.5 Å². The number of piperidine rings is 1. The maximum Gasteiger partial charge on any atom is 0.128 e. The lowest BCUT2D eigenvalue weighted by Gasteiger charge is -2.34. The molecule has 0 bridgehead atoms. The summed E-state index contributed by atoms with van der Waals surface area (Å²) in [6.07, 6.45) is 5.79. The Balaban J connectivity index is 1.82. The first-order valence-electron chi connectivity index (χ1n) is 6.45. The zero-order valence-electron chi connectivity index (χ0n) is 9.76. The van der Waals surface area contributed by atoms with Crippen LogP contribution in [-0.4, -0.2) is 6.04 Å². The highest BCUT2D eigenvalue weighted by Gasteiger charge is 2.34. The molecule has 3 rings (SSSR count).